The maximum absolute atomic E-state index is 11.8. The molecule has 0 aliphatic heterocycles. The van der Waals surface area contributed by atoms with Crippen LogP contribution in [0.4, 0.5) is 5.69 Å². The number of methoxy groups -OCH3 is 3. The number of rotatable bonds is 8. The van der Waals surface area contributed by atoms with Crippen molar-refractivity contribution in [2.45, 2.75) is 0 Å². The van der Waals surface area contributed by atoms with Gasteiger partial charge in [-0.15, -0.1) is 12.4 Å². The minimum Gasteiger partial charge on any atom is -0.495 e. The van der Waals surface area contributed by atoms with Crippen LogP contribution < -0.4 is 20.1 Å². The van der Waals surface area contributed by atoms with E-state index >= 15 is 0 Å². The zero-order valence-electron chi connectivity index (χ0n) is 12.2. The third-order valence-electron chi connectivity index (χ3n) is 2.52. The summed E-state index contributed by atoms with van der Waals surface area (Å²) in [4.78, 5) is 11.8. The first-order chi connectivity index (χ1) is 9.62. The summed E-state index contributed by atoms with van der Waals surface area (Å²) in [6, 6.07) is 3.21. The lowest BCUT2D eigenvalue weighted by atomic mass is 10.2. The van der Waals surface area contributed by atoms with E-state index in [-0.39, 0.29) is 24.9 Å². The van der Waals surface area contributed by atoms with E-state index < -0.39 is 0 Å². The number of hydrogen-bond acceptors (Lipinski definition) is 5. The number of hydrogen-bond donors (Lipinski definition) is 2. The van der Waals surface area contributed by atoms with Gasteiger partial charge in [0, 0.05) is 19.7 Å². The molecule has 0 atom stereocenters. The Morgan fingerprint density at radius 3 is 2.43 bits per heavy atom. The number of benzene rings is 1. The van der Waals surface area contributed by atoms with E-state index in [0.29, 0.717) is 35.4 Å². The monoisotopic (exact) mass is 338 g/mol. The number of carbonyl (C=O) groups excluding carboxylic acids is 1. The lowest BCUT2D eigenvalue weighted by Gasteiger charge is -2.13. The van der Waals surface area contributed by atoms with E-state index in [2.05, 4.69) is 10.6 Å². The fraction of sp³-hybridized carbons (Fsp3) is 0.462. The van der Waals surface area contributed by atoms with Crippen molar-refractivity contribution in [3.63, 3.8) is 0 Å². The van der Waals surface area contributed by atoms with Crippen molar-refractivity contribution in [1.29, 1.82) is 0 Å². The lowest BCUT2D eigenvalue weighted by molar-refractivity contribution is -0.115. The molecule has 1 aromatic rings. The van der Waals surface area contributed by atoms with Crippen LogP contribution in [-0.4, -0.2) is 46.9 Å². The van der Waals surface area contributed by atoms with Gasteiger partial charge in [-0.1, -0.05) is 11.6 Å². The van der Waals surface area contributed by atoms with Gasteiger partial charge in [-0.2, -0.15) is 0 Å². The van der Waals surface area contributed by atoms with Crippen LogP contribution in [0.3, 0.4) is 0 Å². The Balaban J connectivity index is 0.00000400. The Kier molecular flexibility index (Phi) is 9.90. The third kappa shape index (κ3) is 6.39. The molecule has 6 nitrogen and oxygen atoms in total. The molecule has 2 N–H and O–H groups in total. The van der Waals surface area contributed by atoms with Crippen LogP contribution in [0.25, 0.3) is 0 Å². The zero-order valence-corrected chi connectivity index (χ0v) is 13.8. The zero-order chi connectivity index (χ0) is 15.0. The highest BCUT2D eigenvalue weighted by Crippen LogP contribution is 2.35. The van der Waals surface area contributed by atoms with Crippen molar-refractivity contribution in [1.82, 2.24) is 5.32 Å². The fourth-order valence-electron chi connectivity index (χ4n) is 1.53. The van der Waals surface area contributed by atoms with E-state index in [4.69, 9.17) is 25.8 Å². The second-order valence-corrected chi connectivity index (χ2v) is 4.31. The number of ether oxygens (including phenoxy) is 3. The summed E-state index contributed by atoms with van der Waals surface area (Å²) < 4.78 is 15.2. The van der Waals surface area contributed by atoms with Gasteiger partial charge in [0.05, 0.1) is 38.1 Å². The van der Waals surface area contributed by atoms with E-state index in [9.17, 15) is 4.79 Å². The topological polar surface area (TPSA) is 68.8 Å². The van der Waals surface area contributed by atoms with Gasteiger partial charge in [0.25, 0.3) is 0 Å². The molecule has 0 spiro atoms. The fourth-order valence-corrected chi connectivity index (χ4v) is 1.77. The van der Waals surface area contributed by atoms with E-state index in [1.807, 2.05) is 0 Å². The molecule has 0 saturated heterocycles. The molecule has 8 heteroatoms. The van der Waals surface area contributed by atoms with Gasteiger partial charge >= 0.3 is 0 Å². The van der Waals surface area contributed by atoms with Crippen LogP contribution >= 0.6 is 24.0 Å². The molecule has 1 rings (SSSR count). The molecule has 0 aliphatic carbocycles. The molecule has 0 unspecified atom stereocenters. The highest BCUT2D eigenvalue weighted by atomic mass is 35.5. The average molecular weight is 339 g/mol. The van der Waals surface area contributed by atoms with Gasteiger partial charge in [0.1, 0.15) is 11.5 Å². The smallest absolute Gasteiger partial charge is 0.238 e. The minimum atomic E-state index is -0.194. The van der Waals surface area contributed by atoms with Crippen molar-refractivity contribution in [2.75, 3.05) is 46.3 Å². The van der Waals surface area contributed by atoms with Crippen molar-refractivity contribution >= 4 is 35.6 Å². The number of nitrogens with one attached hydrogen (secondary N) is 2. The molecule has 0 aliphatic rings. The predicted molar refractivity (Wildman–Crippen MR) is 85.2 cm³/mol. The summed E-state index contributed by atoms with van der Waals surface area (Å²) in [5.74, 6) is 0.775. The largest absolute Gasteiger partial charge is 0.495 e. The van der Waals surface area contributed by atoms with Gasteiger partial charge in [-0.05, 0) is 6.07 Å². The third-order valence-corrected chi connectivity index (χ3v) is 2.81. The molecule has 0 heterocycles. The number of halogens is 2. The summed E-state index contributed by atoms with van der Waals surface area (Å²) in [6.07, 6.45) is 0. The maximum Gasteiger partial charge on any atom is 0.238 e. The second-order valence-electron chi connectivity index (χ2n) is 3.90. The SMILES string of the molecule is COCCNCC(=O)Nc1cc(Cl)c(OC)cc1OC.Cl. The molecule has 21 heavy (non-hydrogen) atoms. The molecule has 0 saturated carbocycles. The van der Waals surface area contributed by atoms with Crippen molar-refractivity contribution in [2.24, 2.45) is 0 Å². The molecule has 0 bridgehead atoms. The molecular formula is C13H20Cl2N2O4. The quantitative estimate of drug-likeness (QED) is 0.709. The van der Waals surface area contributed by atoms with Crippen molar-refractivity contribution in [3.05, 3.63) is 17.2 Å². The van der Waals surface area contributed by atoms with E-state index in [0.717, 1.165) is 0 Å². The molecule has 1 amide bonds. The number of anilines is 1. The van der Waals surface area contributed by atoms with Gasteiger partial charge in [-0.3, -0.25) is 4.79 Å². The van der Waals surface area contributed by atoms with Crippen molar-refractivity contribution < 1.29 is 19.0 Å². The minimum absolute atomic E-state index is 0. The van der Waals surface area contributed by atoms with Crippen molar-refractivity contribution in [3.8, 4) is 11.5 Å². The number of carbonyl (C=O) groups is 1. The Bertz CT molecular complexity index is 458. The first-order valence-corrected chi connectivity index (χ1v) is 6.41. The maximum atomic E-state index is 11.8. The van der Waals surface area contributed by atoms with Gasteiger partial charge in [-0.25, -0.2) is 0 Å². The first kappa shape index (κ1) is 19.8. The molecule has 1 aromatic carbocycles. The molecule has 120 valence electrons. The summed E-state index contributed by atoms with van der Waals surface area (Å²) in [5, 5.41) is 6.07. The second kappa shape index (κ2) is 10.5. The Morgan fingerprint density at radius 1 is 1.19 bits per heavy atom. The summed E-state index contributed by atoms with van der Waals surface area (Å²) in [5.41, 5.74) is 0.497. The summed E-state index contributed by atoms with van der Waals surface area (Å²) in [6.45, 7) is 1.32. The van der Waals surface area contributed by atoms with Gasteiger partial charge in [0.15, 0.2) is 0 Å². The predicted octanol–water partition coefficient (Wildman–Crippen LogP) is 1.95. The summed E-state index contributed by atoms with van der Waals surface area (Å²) in [7, 11) is 4.62. The van der Waals surface area contributed by atoms with E-state index in [1.54, 1.807) is 19.2 Å². The standard InChI is InChI=1S/C13H19ClN2O4.ClH/c1-18-5-4-15-8-13(17)16-10-6-9(14)11(19-2)7-12(10)20-3;/h6-7,15H,4-5,8H2,1-3H3,(H,16,17);1H. The van der Waals surface area contributed by atoms with Crippen LogP contribution in [0.2, 0.25) is 5.02 Å². The van der Waals surface area contributed by atoms with Crippen LogP contribution in [-0.2, 0) is 9.53 Å². The Labute approximate surface area is 135 Å². The first-order valence-electron chi connectivity index (χ1n) is 6.03. The van der Waals surface area contributed by atoms with Crippen LogP contribution in [0.15, 0.2) is 12.1 Å². The van der Waals surface area contributed by atoms with Gasteiger partial charge in [0.2, 0.25) is 5.91 Å². The highest BCUT2D eigenvalue weighted by Gasteiger charge is 2.12. The Hall–Kier alpha value is -1.21. The summed E-state index contributed by atoms with van der Waals surface area (Å²) >= 11 is 6.02. The molecule has 0 radical (unpaired) electrons. The Morgan fingerprint density at radius 2 is 1.86 bits per heavy atom. The van der Waals surface area contributed by atoms with Crippen LogP contribution in [0, 0.1) is 0 Å². The average Bonchev–Trinajstić information content (AvgIpc) is 2.44. The van der Waals surface area contributed by atoms with Gasteiger partial charge < -0.3 is 24.8 Å². The normalized spacial score (nSPS) is 9.71. The molecule has 0 fully saturated rings. The highest BCUT2D eigenvalue weighted by molar-refractivity contribution is 6.32. The van der Waals surface area contributed by atoms with E-state index in [1.165, 1.54) is 14.2 Å². The molecular weight excluding hydrogens is 319 g/mol. The van der Waals surface area contributed by atoms with Crippen LogP contribution in [0.1, 0.15) is 0 Å². The molecule has 0 aromatic heterocycles. The van der Waals surface area contributed by atoms with Crippen LogP contribution in [0.5, 0.6) is 11.5 Å². The lowest BCUT2D eigenvalue weighted by Crippen LogP contribution is -2.30. The number of amides is 1.